The molecule has 3 heteroatoms. The Kier molecular flexibility index (Phi) is 9.03. The molecule has 0 saturated carbocycles. The van der Waals surface area contributed by atoms with E-state index in [1.165, 1.54) is 0 Å². The van der Waals surface area contributed by atoms with E-state index in [-0.39, 0.29) is 51.0 Å². The summed E-state index contributed by atoms with van der Waals surface area (Å²) in [4.78, 5) is 0. The first-order chi connectivity index (χ1) is 6.21. The molecule has 0 spiro atoms. The Morgan fingerprint density at radius 3 is 1.19 bits per heavy atom. The number of hydrogen-bond donors (Lipinski definition) is 0. The molecule has 0 atom stereocenters. The van der Waals surface area contributed by atoms with Crippen LogP contribution >= 0.6 is 0 Å². The van der Waals surface area contributed by atoms with Crippen LogP contribution in [0, 0.1) is 17.3 Å². The van der Waals surface area contributed by atoms with Crippen LogP contribution in [0.3, 0.4) is 0 Å². The predicted molar refractivity (Wildman–Crippen MR) is 57.3 cm³/mol. The second kappa shape index (κ2) is 7.69. The first-order valence-corrected chi connectivity index (χ1v) is 4.91. The monoisotopic (exact) mass is 332 g/mol. The minimum atomic E-state index is 0. The van der Waals surface area contributed by atoms with Gasteiger partial charge in [0.25, 0.3) is 0 Å². The van der Waals surface area contributed by atoms with E-state index in [2.05, 4.69) is 62.5 Å². The van der Waals surface area contributed by atoms with Crippen molar-refractivity contribution in [1.29, 1.82) is 0 Å². The van der Waals surface area contributed by atoms with Crippen molar-refractivity contribution in [2.75, 3.05) is 0 Å². The van der Waals surface area contributed by atoms with Crippen LogP contribution in [0.2, 0.25) is 0 Å². The van der Waals surface area contributed by atoms with Gasteiger partial charge in [-0.05, 0) is 5.41 Å². The molecule has 2 aliphatic carbocycles. The summed E-state index contributed by atoms with van der Waals surface area (Å²) in [6.45, 7) is 4.67. The molecule has 2 rings (SSSR count). The summed E-state index contributed by atoms with van der Waals surface area (Å²) >= 11 is 0. The Labute approximate surface area is 130 Å². The van der Waals surface area contributed by atoms with Gasteiger partial charge in [0.1, 0.15) is 0 Å². The Bertz CT molecular complexity index is 260. The zero-order valence-corrected chi connectivity index (χ0v) is 13.5. The van der Waals surface area contributed by atoms with Gasteiger partial charge in [-0.1, -0.05) is 62.5 Å². The molecule has 0 fully saturated rings. The summed E-state index contributed by atoms with van der Waals surface area (Å²) < 4.78 is 0. The van der Waals surface area contributed by atoms with E-state index < -0.39 is 0 Å². The van der Waals surface area contributed by atoms with Gasteiger partial charge in [0.15, 0.2) is 0 Å². The zero-order chi connectivity index (χ0) is 9.31. The third-order valence-corrected chi connectivity index (χ3v) is 3.21. The Hall–Kier alpha value is 0.423. The van der Waals surface area contributed by atoms with Crippen LogP contribution in [-0.4, -0.2) is 0 Å². The molecule has 16 heavy (non-hydrogen) atoms. The van der Waals surface area contributed by atoms with Gasteiger partial charge in [0.2, 0.25) is 0 Å². The fourth-order valence-electron chi connectivity index (χ4n) is 2.08. The van der Waals surface area contributed by atoms with E-state index in [9.17, 15) is 0 Å². The van der Waals surface area contributed by atoms with Crippen molar-refractivity contribution < 1.29 is 51.0 Å². The molecule has 0 bridgehead atoms. The minimum Gasteiger partial charge on any atom is -1.00 e. The van der Waals surface area contributed by atoms with Crippen LogP contribution in [0.1, 0.15) is 13.8 Å². The quantitative estimate of drug-likeness (QED) is 0.524. The Morgan fingerprint density at radius 2 is 0.938 bits per heavy atom. The fourth-order valence-corrected chi connectivity index (χ4v) is 2.08. The van der Waals surface area contributed by atoms with Gasteiger partial charge in [-0.3, -0.25) is 0 Å². The van der Waals surface area contributed by atoms with Gasteiger partial charge in [-0.25, -0.2) is 0 Å². The van der Waals surface area contributed by atoms with Crippen LogP contribution in [0.15, 0.2) is 48.6 Å². The molecule has 0 N–H and O–H groups in total. The van der Waals surface area contributed by atoms with Gasteiger partial charge in [-0.2, -0.15) is 0 Å². The molecule has 0 unspecified atom stereocenters. The first kappa shape index (κ1) is 18.8. The van der Waals surface area contributed by atoms with Crippen LogP contribution < -0.4 is 24.8 Å². The Morgan fingerprint density at radius 1 is 0.688 bits per heavy atom. The Balaban J connectivity index is 0. The van der Waals surface area contributed by atoms with Gasteiger partial charge in [-0.15, -0.1) is 0 Å². The van der Waals surface area contributed by atoms with Crippen molar-refractivity contribution in [2.45, 2.75) is 13.8 Å². The number of hydrogen-bond acceptors (Lipinski definition) is 0. The summed E-state index contributed by atoms with van der Waals surface area (Å²) in [5.74, 6) is 1.18. The summed E-state index contributed by atoms with van der Waals surface area (Å²) in [5.41, 5.74) is 0.312. The molecule has 0 nitrogen and oxygen atoms in total. The second-order valence-corrected chi connectivity index (χ2v) is 4.41. The zero-order valence-electron chi connectivity index (χ0n) is 9.53. The van der Waals surface area contributed by atoms with Crippen LogP contribution in [-0.2, 0) is 26.2 Å². The van der Waals surface area contributed by atoms with Crippen molar-refractivity contribution in [1.82, 2.24) is 0 Å². The van der Waals surface area contributed by atoms with E-state index in [1.54, 1.807) is 0 Å². The molecule has 0 saturated heterocycles. The minimum absolute atomic E-state index is 0. The molecular formula is C13H16Cl2Zr. The number of halogens is 2. The van der Waals surface area contributed by atoms with E-state index in [0.717, 1.165) is 0 Å². The average molecular weight is 334 g/mol. The number of allylic oxidation sites excluding steroid dienone is 8. The predicted octanol–water partition coefficient (Wildman–Crippen LogP) is -2.50. The molecular weight excluding hydrogens is 318 g/mol. The van der Waals surface area contributed by atoms with Crippen molar-refractivity contribution in [2.24, 2.45) is 17.3 Å². The molecule has 86 valence electrons. The molecule has 0 aromatic heterocycles. The van der Waals surface area contributed by atoms with Crippen molar-refractivity contribution >= 4 is 0 Å². The summed E-state index contributed by atoms with van der Waals surface area (Å²) in [6.07, 6.45) is 17.8. The largest absolute Gasteiger partial charge is 2.00 e. The van der Waals surface area contributed by atoms with Crippen molar-refractivity contribution in [3.8, 4) is 0 Å². The SMILES string of the molecule is CC(C)(C1C=CC=C1)C1C=CC=C1.[Cl-].[Cl-].[Zr+2]. The van der Waals surface area contributed by atoms with Crippen molar-refractivity contribution in [3.05, 3.63) is 48.6 Å². The molecule has 0 radical (unpaired) electrons. The molecule has 0 aromatic carbocycles. The van der Waals surface area contributed by atoms with Gasteiger partial charge in [0, 0.05) is 11.8 Å². The fraction of sp³-hybridized carbons (Fsp3) is 0.385. The maximum atomic E-state index is 2.34. The van der Waals surface area contributed by atoms with E-state index in [4.69, 9.17) is 0 Å². The van der Waals surface area contributed by atoms with Crippen LogP contribution in [0.4, 0.5) is 0 Å². The molecule has 0 amide bonds. The molecule has 0 aromatic rings. The van der Waals surface area contributed by atoms with Gasteiger partial charge in [0.05, 0.1) is 0 Å². The van der Waals surface area contributed by atoms with Gasteiger partial charge >= 0.3 is 26.2 Å². The maximum absolute atomic E-state index is 2.34. The topological polar surface area (TPSA) is 0 Å². The van der Waals surface area contributed by atoms with Crippen molar-refractivity contribution in [3.63, 3.8) is 0 Å². The molecule has 0 heterocycles. The molecule has 0 aliphatic heterocycles. The summed E-state index contributed by atoms with van der Waals surface area (Å²) in [7, 11) is 0. The van der Waals surface area contributed by atoms with Gasteiger partial charge < -0.3 is 24.8 Å². The van der Waals surface area contributed by atoms with E-state index >= 15 is 0 Å². The number of rotatable bonds is 2. The summed E-state index contributed by atoms with van der Waals surface area (Å²) in [5, 5.41) is 0. The maximum Gasteiger partial charge on any atom is 2.00 e. The molecule has 2 aliphatic rings. The van der Waals surface area contributed by atoms with Crippen LogP contribution in [0.5, 0.6) is 0 Å². The second-order valence-electron chi connectivity index (χ2n) is 4.41. The normalized spacial score (nSPS) is 18.1. The first-order valence-electron chi connectivity index (χ1n) is 4.91. The third-order valence-electron chi connectivity index (χ3n) is 3.21. The third kappa shape index (κ3) is 3.72. The van der Waals surface area contributed by atoms with Crippen LogP contribution in [0.25, 0.3) is 0 Å². The summed E-state index contributed by atoms with van der Waals surface area (Å²) in [6, 6.07) is 0. The van der Waals surface area contributed by atoms with E-state index in [0.29, 0.717) is 17.3 Å². The average Bonchev–Trinajstić information content (AvgIpc) is 2.78. The standard InChI is InChI=1S/C13H16.2ClH.Zr/c1-13(2,11-7-3-4-8-11)12-9-5-6-10-12;;;/h3-12H,1-2H3;2*1H;/q;;;+2/p-2. The smallest absolute Gasteiger partial charge is 1.00 e. The van der Waals surface area contributed by atoms with E-state index in [1.807, 2.05) is 0 Å².